The van der Waals surface area contributed by atoms with Crippen molar-refractivity contribution >= 4 is 72.2 Å². The van der Waals surface area contributed by atoms with Crippen molar-refractivity contribution in [3.63, 3.8) is 0 Å². The van der Waals surface area contributed by atoms with Crippen molar-refractivity contribution in [1.82, 2.24) is 14.5 Å². The molecule has 0 unspecified atom stereocenters. The molecule has 11 rings (SSSR count). The summed E-state index contributed by atoms with van der Waals surface area (Å²) in [7, 11) is 0. The van der Waals surface area contributed by atoms with Crippen LogP contribution in [-0.2, 0) is 20.1 Å². The van der Waals surface area contributed by atoms with Crippen molar-refractivity contribution in [1.29, 1.82) is 0 Å². The molecule has 0 amide bonds. The number of imidazole rings is 1. The average molecular weight is 1120 g/mol. The van der Waals surface area contributed by atoms with Crippen molar-refractivity contribution in [2.45, 2.75) is 76.6 Å². The zero-order valence-corrected chi connectivity index (χ0v) is 44.9. The van der Waals surface area contributed by atoms with Gasteiger partial charge in [0.2, 0.25) is 0 Å². The molecule has 0 saturated heterocycles. The summed E-state index contributed by atoms with van der Waals surface area (Å²) in [6, 6.07) is 63.3. The maximum Gasteiger partial charge on any atom is 0 e. The molecule has 3 aromatic heterocycles. The Bertz CT molecular complexity index is 3570. The van der Waals surface area contributed by atoms with Crippen LogP contribution in [0.2, 0.25) is 17.3 Å². The van der Waals surface area contributed by atoms with E-state index in [-0.39, 0.29) is 20.1 Å². The van der Waals surface area contributed by atoms with Gasteiger partial charge in [0.1, 0.15) is 0 Å². The van der Waals surface area contributed by atoms with Gasteiger partial charge in [0.15, 0.2) is 0 Å². The van der Waals surface area contributed by atoms with Gasteiger partial charge in [0.25, 0.3) is 0 Å². The molecule has 4 nitrogen and oxygen atoms in total. The standard InChI is InChI=1S/C39H33N2.C23H24GeNO.Ir/c1-25(2)34-23-31(27-12-6-5-7-13-27)24-35(26(3)4)38(34)41-37-17-11-10-16-36(37)40-39(41)30-20-21-33-29(22-30)19-18-28-14-8-9-15-32(28)33;1-15(2)16-9-11-18-19-7-6-8-20(23(19)26-22(18)13-16)21-12-10-17(14-25-21)24(3,4)5;/h5-19,21-26H,1-4H3;6-7,9-15H,1-5H3;/q2*-1;. The monoisotopic (exact) mass is 1130 g/mol. The van der Waals surface area contributed by atoms with Gasteiger partial charge in [-0.15, -0.1) is 29.1 Å². The summed E-state index contributed by atoms with van der Waals surface area (Å²) in [5, 5.41) is 7.19. The number of hydrogen-bond acceptors (Lipinski definition) is 3. The molecule has 341 valence electrons. The Labute approximate surface area is 417 Å². The summed E-state index contributed by atoms with van der Waals surface area (Å²) in [6.07, 6.45) is 2.04. The fourth-order valence-corrected chi connectivity index (χ4v) is 11.6. The van der Waals surface area contributed by atoms with E-state index >= 15 is 0 Å². The first-order valence-electron chi connectivity index (χ1n) is 23.7. The summed E-state index contributed by atoms with van der Waals surface area (Å²) in [6.45, 7) is 13.6. The third kappa shape index (κ3) is 8.89. The molecule has 0 saturated carbocycles. The molecule has 0 atom stereocenters. The van der Waals surface area contributed by atoms with Crippen LogP contribution in [0.4, 0.5) is 0 Å². The number of pyridine rings is 1. The third-order valence-electron chi connectivity index (χ3n) is 13.2. The SMILES string of the molecule is CC(C)c1cc(-c2ccccc2)cc(C(C)C)c1-n1c(-c2[c-]cc3c(ccc4ccccc43)c2)nc2ccccc21.CC(C)c1ccc2c(c1)oc1c(-c3cc[c]([Ge]([CH3])([CH3])[CH3])cn3)[c-]ccc12.[Ir]. The Morgan fingerprint density at radius 3 is 2.00 bits per heavy atom. The van der Waals surface area contributed by atoms with E-state index in [0.29, 0.717) is 17.8 Å². The topological polar surface area (TPSA) is 43.9 Å². The first-order valence-corrected chi connectivity index (χ1v) is 31.1. The third-order valence-corrected chi connectivity index (χ3v) is 17.5. The summed E-state index contributed by atoms with van der Waals surface area (Å²) < 4.78 is 10.1. The minimum atomic E-state index is -1.86. The minimum Gasteiger partial charge on any atom is 0 e. The number of fused-ring (bicyclic) bond motifs is 7. The zero-order chi connectivity index (χ0) is 46.6. The quantitative estimate of drug-likeness (QED) is 0.0865. The Kier molecular flexibility index (Phi) is 13.2. The molecule has 6 heteroatoms. The van der Waals surface area contributed by atoms with Gasteiger partial charge in [0.05, 0.1) is 16.9 Å². The number of furan rings is 1. The maximum atomic E-state index is 6.27. The smallest absolute Gasteiger partial charge is 0 e. The molecule has 8 aromatic carbocycles. The molecule has 68 heavy (non-hydrogen) atoms. The minimum absolute atomic E-state index is 0. The van der Waals surface area contributed by atoms with Crippen LogP contribution in [-0.4, -0.2) is 27.8 Å². The number of aromatic nitrogens is 3. The number of rotatable bonds is 8. The largest absolute Gasteiger partial charge is 0 e. The first-order chi connectivity index (χ1) is 32.3. The van der Waals surface area contributed by atoms with Crippen LogP contribution >= 0.6 is 0 Å². The normalized spacial score (nSPS) is 11.9. The van der Waals surface area contributed by atoms with Gasteiger partial charge in [-0.3, -0.25) is 4.98 Å². The predicted molar refractivity (Wildman–Crippen MR) is 287 cm³/mol. The molecule has 0 aliphatic carbocycles. The van der Waals surface area contributed by atoms with Crippen LogP contribution in [0.25, 0.3) is 94.0 Å². The van der Waals surface area contributed by atoms with E-state index < -0.39 is 13.3 Å². The number of nitrogens with zero attached hydrogens (tertiary/aromatic N) is 3. The molecule has 0 spiro atoms. The second-order valence-corrected chi connectivity index (χ2v) is 30.5. The Hall–Kier alpha value is -6.11. The molecule has 0 N–H and O–H groups in total. The van der Waals surface area contributed by atoms with Crippen LogP contribution in [0.5, 0.6) is 0 Å². The molecule has 0 bridgehead atoms. The number of para-hydroxylation sites is 2. The van der Waals surface area contributed by atoms with E-state index in [4.69, 9.17) is 14.4 Å². The fraction of sp³-hybridized carbons (Fsp3) is 0.194. The van der Waals surface area contributed by atoms with Gasteiger partial charge < -0.3 is 4.57 Å². The number of hydrogen-bond donors (Lipinski definition) is 0. The van der Waals surface area contributed by atoms with Crippen molar-refractivity contribution < 1.29 is 24.5 Å². The summed E-state index contributed by atoms with van der Waals surface area (Å²) in [4.78, 5) is 9.98. The van der Waals surface area contributed by atoms with Crippen molar-refractivity contribution in [2.75, 3.05) is 0 Å². The van der Waals surface area contributed by atoms with E-state index in [0.717, 1.165) is 55.6 Å². The van der Waals surface area contributed by atoms with Gasteiger partial charge in [0, 0.05) is 25.8 Å². The van der Waals surface area contributed by atoms with Gasteiger partial charge >= 0.3 is 158 Å². The van der Waals surface area contributed by atoms with Gasteiger partial charge in [-0.2, -0.15) is 0 Å². The average Bonchev–Trinajstić information content (AvgIpc) is 3.92. The van der Waals surface area contributed by atoms with Crippen molar-refractivity contribution in [3.05, 3.63) is 193 Å². The Morgan fingerprint density at radius 1 is 0.588 bits per heavy atom. The van der Waals surface area contributed by atoms with Gasteiger partial charge in [-0.25, -0.2) is 0 Å². The molecule has 0 fully saturated rings. The molecular weight excluding hydrogens is 1070 g/mol. The molecule has 1 radical (unpaired) electrons. The maximum absolute atomic E-state index is 6.27. The Morgan fingerprint density at radius 2 is 1.29 bits per heavy atom. The Balaban J connectivity index is 0.000000185. The molecule has 3 heterocycles. The van der Waals surface area contributed by atoms with Crippen LogP contribution in [0.3, 0.4) is 0 Å². The van der Waals surface area contributed by atoms with E-state index in [1.807, 2.05) is 12.3 Å². The second kappa shape index (κ2) is 19.1. The van der Waals surface area contributed by atoms with Crippen LogP contribution in [0.1, 0.15) is 76.0 Å². The van der Waals surface area contributed by atoms with Crippen LogP contribution in [0.15, 0.2) is 168 Å². The molecule has 11 aromatic rings. The van der Waals surface area contributed by atoms with Crippen LogP contribution < -0.4 is 4.40 Å². The fourth-order valence-electron chi connectivity index (χ4n) is 9.42. The summed E-state index contributed by atoms with van der Waals surface area (Å²) in [5.41, 5.74) is 14.5. The van der Waals surface area contributed by atoms with Gasteiger partial charge in [-0.05, 0) is 63.7 Å². The molecule has 0 aliphatic rings. The van der Waals surface area contributed by atoms with E-state index in [1.54, 1.807) is 0 Å². The summed E-state index contributed by atoms with van der Waals surface area (Å²) >= 11 is -1.86. The second-order valence-electron chi connectivity index (χ2n) is 19.9. The molecule has 0 aliphatic heterocycles. The predicted octanol–water partition coefficient (Wildman–Crippen LogP) is 16.8. The van der Waals surface area contributed by atoms with Crippen molar-refractivity contribution in [2.24, 2.45) is 0 Å². The van der Waals surface area contributed by atoms with E-state index in [9.17, 15) is 0 Å². The van der Waals surface area contributed by atoms with E-state index in [2.05, 4.69) is 227 Å². The summed E-state index contributed by atoms with van der Waals surface area (Å²) in [5.74, 6) is 9.21. The van der Waals surface area contributed by atoms with Gasteiger partial charge in [-0.1, -0.05) is 117 Å². The van der Waals surface area contributed by atoms with E-state index in [1.165, 1.54) is 59.4 Å². The number of benzene rings is 8. The first kappa shape index (κ1) is 47.0. The van der Waals surface area contributed by atoms with Crippen molar-refractivity contribution in [3.8, 4) is 39.5 Å². The van der Waals surface area contributed by atoms with Crippen LogP contribution in [0, 0.1) is 12.1 Å². The molecular formula is C62H57GeIrN3O-2. The zero-order valence-electron chi connectivity index (χ0n) is 40.4.